The Morgan fingerprint density at radius 2 is 1.78 bits per heavy atom. The standard InChI is InChI=1S/C21H30N2O4/c24-20(7-4-13-27-19-5-2-1-3-6-19)22-17-10-8-16(9-11-17)21(25)23-18-12-14-26-15-18/h1-3,5-6,16-18H,4,7-15H2,(H,22,24)(H,23,25). The number of hydrogen-bond donors (Lipinski definition) is 2. The van der Waals surface area contributed by atoms with Crippen LogP contribution in [0.5, 0.6) is 5.75 Å². The molecule has 2 amide bonds. The molecule has 0 aromatic heterocycles. The number of rotatable bonds is 8. The zero-order valence-electron chi connectivity index (χ0n) is 15.8. The van der Waals surface area contributed by atoms with Crippen molar-refractivity contribution in [3.8, 4) is 5.75 Å². The molecule has 1 saturated heterocycles. The Kier molecular flexibility index (Phi) is 7.51. The van der Waals surface area contributed by atoms with Crippen LogP contribution in [0.4, 0.5) is 0 Å². The fraction of sp³-hybridized carbons (Fsp3) is 0.619. The van der Waals surface area contributed by atoms with Gasteiger partial charge in [0, 0.05) is 25.0 Å². The van der Waals surface area contributed by atoms with Crippen LogP contribution in [-0.4, -0.2) is 43.7 Å². The quantitative estimate of drug-likeness (QED) is 0.685. The second kappa shape index (κ2) is 10.3. The predicted octanol–water partition coefficient (Wildman–Crippen LogP) is 2.43. The number of carbonyl (C=O) groups is 2. The maximum absolute atomic E-state index is 12.3. The fourth-order valence-electron chi connectivity index (χ4n) is 3.71. The Bertz CT molecular complexity index is 593. The first-order chi connectivity index (χ1) is 13.2. The van der Waals surface area contributed by atoms with E-state index >= 15 is 0 Å². The van der Waals surface area contributed by atoms with Gasteiger partial charge in [-0.25, -0.2) is 0 Å². The van der Waals surface area contributed by atoms with Crippen LogP contribution in [0.1, 0.15) is 44.9 Å². The highest BCUT2D eigenvalue weighted by atomic mass is 16.5. The minimum absolute atomic E-state index is 0.0676. The molecular formula is C21H30N2O4. The van der Waals surface area contributed by atoms with E-state index in [4.69, 9.17) is 9.47 Å². The minimum Gasteiger partial charge on any atom is -0.494 e. The molecule has 6 nitrogen and oxygen atoms in total. The first-order valence-electron chi connectivity index (χ1n) is 10.1. The van der Waals surface area contributed by atoms with Crippen LogP contribution in [0, 0.1) is 5.92 Å². The molecule has 1 heterocycles. The van der Waals surface area contributed by atoms with Crippen LogP contribution in [0.15, 0.2) is 30.3 Å². The lowest BCUT2D eigenvalue weighted by molar-refractivity contribution is -0.126. The summed E-state index contributed by atoms with van der Waals surface area (Å²) >= 11 is 0. The van der Waals surface area contributed by atoms with Gasteiger partial charge in [0.15, 0.2) is 0 Å². The monoisotopic (exact) mass is 374 g/mol. The van der Waals surface area contributed by atoms with Gasteiger partial charge >= 0.3 is 0 Å². The Hall–Kier alpha value is -2.08. The molecule has 1 aliphatic carbocycles. The first kappa shape index (κ1) is 19.7. The highest BCUT2D eigenvalue weighted by Gasteiger charge is 2.29. The van der Waals surface area contributed by atoms with Crippen LogP contribution in [0.25, 0.3) is 0 Å². The van der Waals surface area contributed by atoms with E-state index in [0.717, 1.165) is 44.5 Å². The summed E-state index contributed by atoms with van der Waals surface area (Å²) in [5.41, 5.74) is 0. The maximum atomic E-state index is 12.3. The van der Waals surface area contributed by atoms with Crippen molar-refractivity contribution in [1.82, 2.24) is 10.6 Å². The third-order valence-electron chi connectivity index (χ3n) is 5.30. The van der Waals surface area contributed by atoms with Crippen molar-refractivity contribution >= 4 is 11.8 Å². The number of benzene rings is 1. The van der Waals surface area contributed by atoms with Crippen LogP contribution in [0.3, 0.4) is 0 Å². The number of hydrogen-bond acceptors (Lipinski definition) is 4. The summed E-state index contributed by atoms with van der Waals surface area (Å²) < 4.78 is 10.9. The van der Waals surface area contributed by atoms with Crippen LogP contribution < -0.4 is 15.4 Å². The molecule has 1 aromatic carbocycles. The average Bonchev–Trinajstić information content (AvgIpc) is 3.20. The molecule has 2 fully saturated rings. The van der Waals surface area contributed by atoms with E-state index in [1.807, 2.05) is 30.3 Å². The molecule has 27 heavy (non-hydrogen) atoms. The Morgan fingerprint density at radius 3 is 2.48 bits per heavy atom. The molecule has 0 bridgehead atoms. The van der Waals surface area contributed by atoms with Crippen molar-refractivity contribution < 1.29 is 19.1 Å². The summed E-state index contributed by atoms with van der Waals surface area (Å²) in [4.78, 5) is 24.4. The van der Waals surface area contributed by atoms with Crippen molar-refractivity contribution in [1.29, 1.82) is 0 Å². The van der Waals surface area contributed by atoms with Gasteiger partial charge in [0.2, 0.25) is 11.8 Å². The molecule has 1 atom stereocenters. The van der Waals surface area contributed by atoms with Gasteiger partial charge < -0.3 is 20.1 Å². The van der Waals surface area contributed by atoms with Gasteiger partial charge in [-0.3, -0.25) is 9.59 Å². The zero-order valence-corrected chi connectivity index (χ0v) is 15.8. The van der Waals surface area contributed by atoms with E-state index in [1.54, 1.807) is 0 Å². The fourth-order valence-corrected chi connectivity index (χ4v) is 3.71. The van der Waals surface area contributed by atoms with Crippen molar-refractivity contribution in [3.63, 3.8) is 0 Å². The van der Waals surface area contributed by atoms with Crippen molar-refractivity contribution in [2.45, 2.75) is 57.0 Å². The lowest BCUT2D eigenvalue weighted by Crippen LogP contribution is -2.43. The van der Waals surface area contributed by atoms with Gasteiger partial charge in [0.05, 0.1) is 19.3 Å². The molecular weight excluding hydrogens is 344 g/mol. The average molecular weight is 374 g/mol. The van der Waals surface area contributed by atoms with Crippen molar-refractivity contribution in [3.05, 3.63) is 30.3 Å². The molecule has 1 aliphatic heterocycles. The van der Waals surface area contributed by atoms with Crippen LogP contribution in [0.2, 0.25) is 0 Å². The molecule has 1 aromatic rings. The summed E-state index contributed by atoms with van der Waals surface area (Å²) in [5.74, 6) is 1.12. The molecule has 0 spiro atoms. The van der Waals surface area contributed by atoms with E-state index in [-0.39, 0.29) is 29.8 Å². The van der Waals surface area contributed by atoms with Gasteiger partial charge in [0.25, 0.3) is 0 Å². The largest absolute Gasteiger partial charge is 0.494 e. The normalized spacial score (nSPS) is 25.0. The molecule has 1 unspecified atom stereocenters. The SMILES string of the molecule is O=C(CCCOc1ccccc1)NC1CCC(C(=O)NC2CCOC2)CC1. The molecule has 6 heteroatoms. The van der Waals surface area contributed by atoms with E-state index in [2.05, 4.69) is 10.6 Å². The number of ether oxygens (including phenoxy) is 2. The Balaban J connectivity index is 1.27. The highest BCUT2D eigenvalue weighted by Crippen LogP contribution is 2.25. The van der Waals surface area contributed by atoms with Crippen molar-refractivity contribution in [2.75, 3.05) is 19.8 Å². The van der Waals surface area contributed by atoms with E-state index < -0.39 is 0 Å². The second-order valence-electron chi connectivity index (χ2n) is 7.45. The molecule has 0 radical (unpaired) electrons. The highest BCUT2D eigenvalue weighted by molar-refractivity contribution is 5.79. The topological polar surface area (TPSA) is 76.7 Å². The third-order valence-corrected chi connectivity index (χ3v) is 5.30. The first-order valence-corrected chi connectivity index (χ1v) is 10.1. The smallest absolute Gasteiger partial charge is 0.223 e. The minimum atomic E-state index is 0.0676. The molecule has 1 saturated carbocycles. The molecule has 2 aliphatic rings. The van der Waals surface area contributed by atoms with Gasteiger partial charge in [-0.15, -0.1) is 0 Å². The van der Waals surface area contributed by atoms with Crippen molar-refractivity contribution in [2.24, 2.45) is 5.92 Å². The Morgan fingerprint density at radius 1 is 1.00 bits per heavy atom. The third kappa shape index (κ3) is 6.54. The van der Waals surface area contributed by atoms with Gasteiger partial charge in [0.1, 0.15) is 5.75 Å². The molecule has 3 rings (SSSR count). The van der Waals surface area contributed by atoms with Crippen LogP contribution >= 0.6 is 0 Å². The maximum Gasteiger partial charge on any atom is 0.223 e. The zero-order chi connectivity index (χ0) is 18.9. The van der Waals surface area contributed by atoms with Gasteiger partial charge in [-0.05, 0) is 50.7 Å². The van der Waals surface area contributed by atoms with Gasteiger partial charge in [-0.2, -0.15) is 0 Å². The summed E-state index contributed by atoms with van der Waals surface area (Å²) in [7, 11) is 0. The van der Waals surface area contributed by atoms with E-state index in [0.29, 0.717) is 26.1 Å². The summed E-state index contributed by atoms with van der Waals surface area (Å²) in [6, 6.07) is 9.99. The summed E-state index contributed by atoms with van der Waals surface area (Å²) in [5, 5.41) is 6.19. The van der Waals surface area contributed by atoms with Crippen LogP contribution in [-0.2, 0) is 14.3 Å². The summed E-state index contributed by atoms with van der Waals surface area (Å²) in [6.45, 7) is 1.90. The van der Waals surface area contributed by atoms with Gasteiger partial charge in [-0.1, -0.05) is 18.2 Å². The lowest BCUT2D eigenvalue weighted by atomic mass is 9.85. The Labute approximate surface area is 161 Å². The van der Waals surface area contributed by atoms with E-state index in [9.17, 15) is 9.59 Å². The summed E-state index contributed by atoms with van der Waals surface area (Å²) in [6.07, 6.45) is 5.47. The van der Waals surface area contributed by atoms with E-state index in [1.165, 1.54) is 0 Å². The number of para-hydroxylation sites is 1. The lowest BCUT2D eigenvalue weighted by Gasteiger charge is -2.29. The second-order valence-corrected chi connectivity index (χ2v) is 7.45. The molecule has 148 valence electrons. The molecule has 2 N–H and O–H groups in total. The number of amides is 2. The predicted molar refractivity (Wildman–Crippen MR) is 102 cm³/mol. The number of carbonyl (C=O) groups excluding carboxylic acids is 2. The number of nitrogens with one attached hydrogen (secondary N) is 2.